The third-order valence-electron chi connectivity index (χ3n) is 21.8. The third-order valence-corrected chi connectivity index (χ3v) is 22.2. The van der Waals surface area contributed by atoms with Crippen LogP contribution in [0.3, 0.4) is 0 Å². The molecule has 0 bridgehead atoms. The lowest BCUT2D eigenvalue weighted by atomic mass is 9.93. The number of aromatic nitrogens is 13. The fraction of sp³-hybridized carbons (Fsp3) is 0.206. The summed E-state index contributed by atoms with van der Waals surface area (Å²) in [4.78, 5) is 45.4. The molecule has 1 aliphatic heterocycles. The first-order chi connectivity index (χ1) is 62.6. The lowest BCUT2D eigenvalue weighted by Gasteiger charge is -2.28. The van der Waals surface area contributed by atoms with Crippen molar-refractivity contribution in [3.05, 3.63) is 341 Å². The summed E-state index contributed by atoms with van der Waals surface area (Å²) < 4.78 is 48.5. The van der Waals surface area contributed by atoms with Crippen molar-refractivity contribution in [2.45, 2.75) is 117 Å². The molecule has 3 aliphatic rings. The Morgan fingerprint density at radius 2 is 0.758 bits per heavy atom. The Morgan fingerprint density at radius 3 is 1.14 bits per heavy atom. The molecule has 0 atom stereocenters. The molecule has 2 saturated carbocycles. The molecule has 128 heavy (non-hydrogen) atoms. The number of methoxy groups -OCH3 is 1. The van der Waals surface area contributed by atoms with E-state index in [1.165, 1.54) is 32.1 Å². The number of ether oxygens (including phenoxy) is 7. The van der Waals surface area contributed by atoms with Gasteiger partial charge in [-0.1, -0.05) is 122 Å². The Morgan fingerprint density at radius 1 is 0.398 bits per heavy atom. The van der Waals surface area contributed by atoms with Gasteiger partial charge in [0, 0.05) is 100 Å². The van der Waals surface area contributed by atoms with Gasteiger partial charge in [0.2, 0.25) is 0 Å². The average Bonchev–Trinajstić information content (AvgIpc) is 1.65. The van der Waals surface area contributed by atoms with E-state index >= 15 is 0 Å². The average molecular weight is 1730 g/mol. The highest BCUT2D eigenvalue weighted by Gasteiger charge is 2.30. The molecule has 0 amide bonds. The van der Waals surface area contributed by atoms with Gasteiger partial charge < -0.3 is 48.5 Å². The van der Waals surface area contributed by atoms with E-state index in [4.69, 9.17) is 44.8 Å². The molecule has 0 radical (unpaired) electrons. The number of phenolic OH excluding ortho intramolecular Hbond substituents is 3. The largest absolute Gasteiger partial charge is 0.507 e. The number of nitrogens with zero attached hydrogens (tertiary/aromatic N) is 13. The van der Waals surface area contributed by atoms with Gasteiger partial charge in [0.15, 0.2) is 12.6 Å². The number of hydrogen-bond donors (Lipinski definition) is 3. The van der Waals surface area contributed by atoms with Crippen LogP contribution < -0.4 is 28.4 Å². The Bertz CT molecular complexity index is 6210. The van der Waals surface area contributed by atoms with Crippen LogP contribution in [0, 0.1) is 13.8 Å². The summed E-state index contributed by atoms with van der Waals surface area (Å²) in [5.41, 5.74) is 18.2. The second-order valence-electron chi connectivity index (χ2n) is 30.4. The van der Waals surface area contributed by atoms with Gasteiger partial charge in [-0.2, -0.15) is 20.4 Å². The number of carbonyl (C=O) groups is 2. The summed E-state index contributed by atoms with van der Waals surface area (Å²) in [6.45, 7) is 22.0. The van der Waals surface area contributed by atoms with Gasteiger partial charge in [0.05, 0.1) is 118 Å². The first-order valence-corrected chi connectivity index (χ1v) is 42.3. The van der Waals surface area contributed by atoms with E-state index in [9.17, 15) is 24.9 Å². The zero-order valence-electron chi connectivity index (χ0n) is 71.7. The maximum absolute atomic E-state index is 11.4. The van der Waals surface area contributed by atoms with Crippen molar-refractivity contribution in [3.63, 3.8) is 0 Å². The highest BCUT2D eigenvalue weighted by Crippen LogP contribution is 2.41. The number of aryl methyl sites for hydroxylation is 1. The molecule has 3 N–H and O–H groups in total. The number of pyridine rings is 5. The number of halogens is 1. The van der Waals surface area contributed by atoms with Crippen LogP contribution in [0.25, 0.3) is 75.0 Å². The van der Waals surface area contributed by atoms with Gasteiger partial charge >= 0.3 is 0 Å². The lowest BCUT2D eigenvalue weighted by Crippen LogP contribution is -2.31. The van der Waals surface area contributed by atoms with E-state index in [-0.39, 0.29) is 35.9 Å². The molecule has 10 heterocycles. The third kappa shape index (κ3) is 21.1. The van der Waals surface area contributed by atoms with Gasteiger partial charge in [0.1, 0.15) is 84.8 Å². The fourth-order valence-corrected chi connectivity index (χ4v) is 14.8. The van der Waals surface area contributed by atoms with E-state index in [0.717, 1.165) is 109 Å². The molecule has 0 spiro atoms. The smallest absolute Gasteiger partial charge is 0.154 e. The maximum atomic E-state index is 11.4. The second-order valence-corrected chi connectivity index (χ2v) is 30.8. The Balaban J connectivity index is 0.000000129. The van der Waals surface area contributed by atoms with Crippen LogP contribution in [0.5, 0.6) is 51.7 Å². The van der Waals surface area contributed by atoms with E-state index in [1.807, 2.05) is 168 Å². The molecule has 9 aromatic heterocycles. The van der Waals surface area contributed by atoms with Gasteiger partial charge in [-0.15, -0.1) is 0 Å². The summed E-state index contributed by atoms with van der Waals surface area (Å²) in [6, 6.07) is 61.0. The standard InChI is InChI=1S/C21H21N3O2.C21H19NO3.C20H20ClN3O2.C20H19N3O3.C20H19N3O2/c1-2-17-19(25)9-4-10-20(17)26-14-15-6-5-12-22-21(15)18-11-13-23-24(18)16-7-3-8-16;1-15-7-5-11-20(18(15)13-23)25-14-16-8-6-12-22-21(16)17-9-3-4-10-19(17)24-2;1-13(2)24-18(8-10-23-24)20-15(5-4-9-22-20)12-26-19-7-6-17(21)14(3)16(19)11-25;1-2-16-18(24)6-3-7-19(16)26-11-14-5-4-9-21-20(14)17-8-10-22-23(17)15-12-25-13-15;1-2-16-18(24)6-3-7-19(16)25-13-14-5-4-11-21-20(14)17-10-12-22-23(17)15-8-9-15/h2,4-6,9-13,16,25H,1,3,7-8,14H2;3-13H,14H2,1-2H3;4-11,13H,12H2,1-3H3;2-10,15,24H,1,11-13H2;2-7,10-12,15,24H,1,8-9,13H2. The SMILES string of the molecule is C=Cc1c(O)cccc1OCc1cccnc1-c1ccnn1C1CC1.C=Cc1c(O)cccc1OCc1cccnc1-c1ccnn1C1CCC1.C=Cc1c(O)cccc1OCc1cccnc1-c1ccnn1C1COC1.COc1ccccc1-c1ncccc1COc1cccc(C)c1C=O.Cc1c(Cl)ccc(OCc2cccnc2-c2ccnn2C(C)C)c1C=O. The van der Waals surface area contributed by atoms with Crippen molar-refractivity contribution in [2.75, 3.05) is 20.3 Å². The zero-order valence-corrected chi connectivity index (χ0v) is 72.4. The second kappa shape index (κ2) is 43.0. The zero-order chi connectivity index (χ0) is 89.4. The van der Waals surface area contributed by atoms with E-state index in [0.29, 0.717) is 119 Å². The van der Waals surface area contributed by atoms with Crippen molar-refractivity contribution < 1.29 is 58.1 Å². The normalized spacial score (nSPS) is 12.6. The molecule has 18 rings (SSSR count). The van der Waals surface area contributed by atoms with Crippen molar-refractivity contribution in [2.24, 2.45) is 0 Å². The Hall–Kier alpha value is -15.1. The van der Waals surface area contributed by atoms with Gasteiger partial charge in [-0.05, 0) is 192 Å². The quantitative estimate of drug-likeness (QED) is 0.0352. The summed E-state index contributed by atoms with van der Waals surface area (Å²) in [5, 5.41) is 48.1. The van der Waals surface area contributed by atoms with Gasteiger partial charge in [-0.3, -0.25) is 53.2 Å². The number of rotatable bonds is 30. The monoisotopic (exact) mass is 1730 g/mol. The Labute approximate surface area is 747 Å². The van der Waals surface area contributed by atoms with Crippen molar-refractivity contribution in [3.8, 4) is 109 Å². The highest BCUT2D eigenvalue weighted by atomic mass is 35.5. The predicted octanol–water partition coefficient (Wildman–Crippen LogP) is 21.6. The fourth-order valence-electron chi connectivity index (χ4n) is 14.6. The van der Waals surface area contributed by atoms with Crippen molar-refractivity contribution >= 4 is 42.4 Å². The lowest BCUT2D eigenvalue weighted by molar-refractivity contribution is -0.0279. The maximum Gasteiger partial charge on any atom is 0.154 e. The van der Waals surface area contributed by atoms with Gasteiger partial charge in [-0.25, -0.2) is 0 Å². The molecular weight excluding hydrogens is 1630 g/mol. The molecule has 25 nitrogen and oxygen atoms in total. The molecule has 3 fully saturated rings. The molecule has 6 aromatic carbocycles. The summed E-state index contributed by atoms with van der Waals surface area (Å²) >= 11 is 6.09. The van der Waals surface area contributed by atoms with Crippen LogP contribution in [0.15, 0.2) is 270 Å². The first kappa shape index (κ1) is 89.2. The number of para-hydroxylation sites is 1. The van der Waals surface area contributed by atoms with Crippen LogP contribution in [0.1, 0.15) is 146 Å². The summed E-state index contributed by atoms with van der Waals surface area (Å²) in [7, 11) is 1.64. The predicted molar refractivity (Wildman–Crippen MR) is 494 cm³/mol. The molecule has 0 unspecified atom stereocenters. The van der Waals surface area contributed by atoms with Crippen LogP contribution in [0.2, 0.25) is 5.02 Å². The molecule has 2 aliphatic carbocycles. The summed E-state index contributed by atoms with van der Waals surface area (Å²) in [5.74, 6) is 4.08. The molecule has 1 saturated heterocycles. The highest BCUT2D eigenvalue weighted by molar-refractivity contribution is 6.31. The molecular formula is C102H98ClN13O12. The van der Waals surface area contributed by atoms with Crippen LogP contribution in [-0.2, 0) is 37.8 Å². The van der Waals surface area contributed by atoms with E-state index in [1.54, 1.807) is 130 Å². The first-order valence-electron chi connectivity index (χ1n) is 41.9. The van der Waals surface area contributed by atoms with Crippen LogP contribution >= 0.6 is 11.6 Å². The minimum atomic E-state index is 0.145. The van der Waals surface area contributed by atoms with E-state index in [2.05, 4.69) is 88.3 Å². The number of aldehydes is 2. The van der Waals surface area contributed by atoms with E-state index < -0.39 is 0 Å². The number of benzene rings is 6. The van der Waals surface area contributed by atoms with Gasteiger partial charge in [0.25, 0.3) is 0 Å². The molecule has 650 valence electrons. The van der Waals surface area contributed by atoms with Crippen molar-refractivity contribution in [1.82, 2.24) is 64.0 Å². The number of phenols is 3. The number of aromatic hydroxyl groups is 3. The number of carbonyl (C=O) groups excluding carboxylic acids is 2. The topological polar surface area (TPSA) is 295 Å². The van der Waals surface area contributed by atoms with Crippen molar-refractivity contribution in [1.29, 1.82) is 0 Å². The Kier molecular flexibility index (Phi) is 30.0. The number of hydrogen-bond acceptors (Lipinski definition) is 21. The molecule has 26 heteroatoms. The van der Waals surface area contributed by atoms with Crippen LogP contribution in [-0.4, -0.2) is 112 Å². The minimum Gasteiger partial charge on any atom is -0.507 e. The molecule has 15 aromatic rings. The van der Waals surface area contributed by atoms with Crippen LogP contribution in [0.4, 0.5) is 0 Å². The summed E-state index contributed by atoms with van der Waals surface area (Å²) in [6.07, 6.45) is 28.3. The minimum absolute atomic E-state index is 0.145.